The number of halogens is 2. The summed E-state index contributed by atoms with van der Waals surface area (Å²) in [7, 11) is 3.05. The van der Waals surface area contributed by atoms with E-state index >= 15 is 0 Å². The Balaban J connectivity index is 2.50. The van der Waals surface area contributed by atoms with Gasteiger partial charge in [-0.15, -0.1) is 0 Å². The van der Waals surface area contributed by atoms with E-state index in [4.69, 9.17) is 9.47 Å². The molecule has 0 amide bonds. The van der Waals surface area contributed by atoms with Gasteiger partial charge >= 0.3 is 0 Å². The molecule has 21 heavy (non-hydrogen) atoms. The molecule has 0 saturated heterocycles. The number of ether oxygens (including phenoxy) is 2. The fourth-order valence-electron chi connectivity index (χ4n) is 2.06. The molecule has 0 saturated carbocycles. The Labute approximate surface area is 131 Å². The van der Waals surface area contributed by atoms with Gasteiger partial charge in [0, 0.05) is 5.56 Å². The van der Waals surface area contributed by atoms with E-state index in [1.807, 2.05) is 0 Å². The van der Waals surface area contributed by atoms with Gasteiger partial charge in [-0.25, -0.2) is 4.39 Å². The topological polar surface area (TPSA) is 38.7 Å². The lowest BCUT2D eigenvalue weighted by atomic mass is 9.99. The van der Waals surface area contributed by atoms with Crippen molar-refractivity contribution < 1.29 is 19.0 Å². The first kappa shape index (κ1) is 15.8. The van der Waals surface area contributed by atoms with Crippen LogP contribution >= 0.6 is 15.9 Å². The van der Waals surface area contributed by atoms with Crippen LogP contribution in [0.5, 0.6) is 11.5 Å². The predicted molar refractivity (Wildman–Crippen MR) is 82.4 cm³/mol. The van der Waals surface area contributed by atoms with E-state index in [2.05, 4.69) is 15.9 Å². The molecular weight excluding hydrogens is 339 g/mol. The van der Waals surface area contributed by atoms with E-state index < -0.39 is 6.10 Å². The van der Waals surface area contributed by atoms with E-state index in [0.717, 1.165) is 0 Å². The minimum atomic E-state index is -1.00. The third-order valence-electron chi connectivity index (χ3n) is 3.31. The lowest BCUT2D eigenvalue weighted by Crippen LogP contribution is -2.04. The largest absolute Gasteiger partial charge is 0.496 e. The third kappa shape index (κ3) is 3.19. The van der Waals surface area contributed by atoms with Crippen molar-refractivity contribution in [1.82, 2.24) is 0 Å². The molecule has 1 unspecified atom stereocenters. The Morgan fingerprint density at radius 1 is 1.10 bits per heavy atom. The zero-order valence-corrected chi connectivity index (χ0v) is 13.6. The SMILES string of the molecule is COc1cc(C(O)c2ccc(C)c(F)c2)c(OC)cc1Br. The van der Waals surface area contributed by atoms with Crippen molar-refractivity contribution in [2.45, 2.75) is 13.0 Å². The first-order valence-electron chi connectivity index (χ1n) is 6.33. The van der Waals surface area contributed by atoms with Crippen LogP contribution in [0.4, 0.5) is 4.39 Å². The average molecular weight is 355 g/mol. The number of aliphatic hydroxyl groups excluding tert-OH is 1. The second-order valence-electron chi connectivity index (χ2n) is 4.64. The van der Waals surface area contributed by atoms with Crippen LogP contribution in [-0.2, 0) is 0 Å². The van der Waals surface area contributed by atoms with Gasteiger partial charge in [0.05, 0.1) is 18.7 Å². The highest BCUT2D eigenvalue weighted by atomic mass is 79.9. The molecule has 0 fully saturated rings. The van der Waals surface area contributed by atoms with Crippen molar-refractivity contribution in [3.05, 3.63) is 57.3 Å². The minimum absolute atomic E-state index is 0.352. The van der Waals surface area contributed by atoms with Gasteiger partial charge in [0.2, 0.25) is 0 Å². The number of aryl methyl sites for hydroxylation is 1. The van der Waals surface area contributed by atoms with E-state index in [9.17, 15) is 9.50 Å². The molecule has 2 aromatic rings. The molecule has 0 bridgehead atoms. The average Bonchev–Trinajstić information content (AvgIpc) is 2.49. The van der Waals surface area contributed by atoms with Gasteiger partial charge in [0.25, 0.3) is 0 Å². The fraction of sp³-hybridized carbons (Fsp3) is 0.250. The number of benzene rings is 2. The summed E-state index contributed by atoms with van der Waals surface area (Å²) in [6.45, 7) is 1.68. The molecular formula is C16H16BrFO3. The van der Waals surface area contributed by atoms with E-state index in [1.165, 1.54) is 20.3 Å². The van der Waals surface area contributed by atoms with Gasteiger partial charge in [-0.2, -0.15) is 0 Å². The lowest BCUT2D eigenvalue weighted by molar-refractivity contribution is 0.213. The molecule has 3 nitrogen and oxygen atoms in total. The summed E-state index contributed by atoms with van der Waals surface area (Å²) in [6, 6.07) is 8.04. The lowest BCUT2D eigenvalue weighted by Gasteiger charge is -2.17. The summed E-state index contributed by atoms with van der Waals surface area (Å²) >= 11 is 3.36. The van der Waals surface area contributed by atoms with Gasteiger partial charge in [-0.3, -0.25) is 0 Å². The Bertz CT molecular complexity index is 658. The van der Waals surface area contributed by atoms with Crippen LogP contribution in [0.3, 0.4) is 0 Å². The van der Waals surface area contributed by atoms with Gasteiger partial charge in [0.1, 0.15) is 23.4 Å². The minimum Gasteiger partial charge on any atom is -0.496 e. The highest BCUT2D eigenvalue weighted by Gasteiger charge is 2.19. The number of hydrogen-bond acceptors (Lipinski definition) is 3. The van der Waals surface area contributed by atoms with E-state index in [1.54, 1.807) is 31.2 Å². The van der Waals surface area contributed by atoms with Crippen molar-refractivity contribution in [2.75, 3.05) is 14.2 Å². The number of methoxy groups -OCH3 is 2. The Morgan fingerprint density at radius 2 is 1.76 bits per heavy atom. The van der Waals surface area contributed by atoms with Crippen LogP contribution in [0.15, 0.2) is 34.8 Å². The first-order chi connectivity index (χ1) is 9.97. The standard InChI is InChI=1S/C16H16BrFO3/c1-9-4-5-10(6-13(9)18)16(19)11-7-15(21-3)12(17)8-14(11)20-2/h4-8,16,19H,1-3H3. The van der Waals surface area contributed by atoms with E-state index in [0.29, 0.717) is 32.7 Å². The second-order valence-corrected chi connectivity index (χ2v) is 5.49. The smallest absolute Gasteiger partial charge is 0.133 e. The van der Waals surface area contributed by atoms with Crippen LogP contribution in [0.25, 0.3) is 0 Å². The molecule has 0 radical (unpaired) electrons. The second kappa shape index (κ2) is 6.45. The zero-order chi connectivity index (χ0) is 15.6. The molecule has 2 rings (SSSR count). The molecule has 0 aromatic heterocycles. The normalized spacial score (nSPS) is 12.1. The monoisotopic (exact) mass is 354 g/mol. The first-order valence-corrected chi connectivity index (χ1v) is 7.12. The Morgan fingerprint density at radius 3 is 2.33 bits per heavy atom. The van der Waals surface area contributed by atoms with Crippen LogP contribution in [-0.4, -0.2) is 19.3 Å². The quantitative estimate of drug-likeness (QED) is 0.901. The summed E-state index contributed by atoms with van der Waals surface area (Å²) in [6.07, 6.45) is -1.00. The maximum atomic E-state index is 13.7. The summed E-state index contributed by atoms with van der Waals surface area (Å²) in [5, 5.41) is 10.5. The summed E-state index contributed by atoms with van der Waals surface area (Å²) in [4.78, 5) is 0. The van der Waals surface area contributed by atoms with Crippen molar-refractivity contribution in [2.24, 2.45) is 0 Å². The highest BCUT2D eigenvalue weighted by molar-refractivity contribution is 9.10. The van der Waals surface area contributed by atoms with E-state index in [-0.39, 0.29) is 5.82 Å². The van der Waals surface area contributed by atoms with Gasteiger partial charge in [-0.1, -0.05) is 12.1 Å². The van der Waals surface area contributed by atoms with Crippen LogP contribution < -0.4 is 9.47 Å². The predicted octanol–water partition coefficient (Wildman–Crippen LogP) is 4.00. The third-order valence-corrected chi connectivity index (χ3v) is 3.93. The molecule has 112 valence electrons. The number of rotatable bonds is 4. The highest BCUT2D eigenvalue weighted by Crippen LogP contribution is 2.38. The molecule has 2 aromatic carbocycles. The van der Waals surface area contributed by atoms with Gasteiger partial charge in [-0.05, 0) is 52.2 Å². The molecule has 0 aliphatic heterocycles. The van der Waals surface area contributed by atoms with Crippen LogP contribution in [0.2, 0.25) is 0 Å². The van der Waals surface area contributed by atoms with Gasteiger partial charge < -0.3 is 14.6 Å². The van der Waals surface area contributed by atoms with Crippen molar-refractivity contribution in [1.29, 1.82) is 0 Å². The molecule has 5 heteroatoms. The summed E-state index contributed by atoms with van der Waals surface area (Å²) in [5.74, 6) is 0.711. The van der Waals surface area contributed by atoms with Crippen molar-refractivity contribution >= 4 is 15.9 Å². The molecule has 1 atom stereocenters. The molecule has 0 spiro atoms. The number of aliphatic hydroxyl groups is 1. The molecule has 0 aliphatic rings. The maximum Gasteiger partial charge on any atom is 0.133 e. The summed E-state index contributed by atoms with van der Waals surface area (Å²) < 4.78 is 24.9. The molecule has 0 aliphatic carbocycles. The van der Waals surface area contributed by atoms with Crippen molar-refractivity contribution in [3.8, 4) is 11.5 Å². The zero-order valence-electron chi connectivity index (χ0n) is 12.0. The van der Waals surface area contributed by atoms with Crippen LogP contribution in [0.1, 0.15) is 22.8 Å². The molecule has 0 heterocycles. The number of hydrogen-bond donors (Lipinski definition) is 1. The maximum absolute atomic E-state index is 13.7. The molecule has 1 N–H and O–H groups in total. The fourth-order valence-corrected chi connectivity index (χ4v) is 2.54. The Kier molecular flexibility index (Phi) is 4.85. The summed E-state index contributed by atoms with van der Waals surface area (Å²) in [5.41, 5.74) is 1.51. The van der Waals surface area contributed by atoms with Crippen LogP contribution in [0, 0.1) is 12.7 Å². The van der Waals surface area contributed by atoms with Crippen molar-refractivity contribution in [3.63, 3.8) is 0 Å². The van der Waals surface area contributed by atoms with Gasteiger partial charge in [0.15, 0.2) is 0 Å². The Hall–Kier alpha value is -1.59.